The summed E-state index contributed by atoms with van der Waals surface area (Å²) in [5, 5.41) is 0.444. The molecule has 1 aliphatic heterocycles. The minimum absolute atomic E-state index is 0.102. The molecule has 0 bridgehead atoms. The van der Waals surface area contributed by atoms with Crippen LogP contribution < -0.4 is 16.1 Å². The number of pyridine rings is 1. The molecule has 5 nitrogen and oxygen atoms in total. The first-order valence-electron chi connectivity index (χ1n) is 8.45. The Morgan fingerprint density at radius 1 is 1.33 bits per heavy atom. The van der Waals surface area contributed by atoms with Crippen molar-refractivity contribution in [3.8, 4) is 0 Å². The second-order valence-electron chi connectivity index (χ2n) is 6.27. The number of nitrogens with two attached hydrogens (primary N) is 1. The van der Waals surface area contributed by atoms with E-state index in [0.717, 1.165) is 37.8 Å². The van der Waals surface area contributed by atoms with Crippen molar-refractivity contribution in [3.63, 3.8) is 0 Å². The van der Waals surface area contributed by atoms with Gasteiger partial charge in [-0.2, -0.15) is 0 Å². The molecule has 0 amide bonds. The quantitative estimate of drug-likeness (QED) is 0.689. The Morgan fingerprint density at radius 2 is 2.04 bits per heavy atom. The fourth-order valence-corrected chi connectivity index (χ4v) is 3.45. The molecule has 1 aromatic heterocycles. The van der Waals surface area contributed by atoms with Crippen LogP contribution in [0.4, 0.5) is 10.1 Å². The Labute approximate surface area is 141 Å². The van der Waals surface area contributed by atoms with E-state index in [1.54, 1.807) is 13.0 Å². The fourth-order valence-electron chi connectivity index (χ4n) is 3.45. The number of aryl methyl sites for hydroxylation is 2. The van der Waals surface area contributed by atoms with Gasteiger partial charge in [-0.25, -0.2) is 4.39 Å². The summed E-state index contributed by atoms with van der Waals surface area (Å²) in [7, 11) is 0. The molecule has 1 saturated heterocycles. The van der Waals surface area contributed by atoms with E-state index in [1.807, 2.05) is 22.6 Å². The van der Waals surface area contributed by atoms with Gasteiger partial charge in [0.25, 0.3) is 6.92 Å². The number of nitrogens with zero attached hydrogens (tertiary/aromatic N) is 2. The molecule has 0 spiro atoms. The summed E-state index contributed by atoms with van der Waals surface area (Å²) in [6.07, 6.45) is 3.49. The Kier molecular flexibility index (Phi) is 4.92. The predicted octanol–water partition coefficient (Wildman–Crippen LogP) is 2.21. The summed E-state index contributed by atoms with van der Waals surface area (Å²) < 4.78 is 22.1. The van der Waals surface area contributed by atoms with Gasteiger partial charge in [0.1, 0.15) is 5.82 Å². The first-order valence-corrected chi connectivity index (χ1v) is 8.45. The molecule has 1 fully saturated rings. The van der Waals surface area contributed by atoms with E-state index in [0.29, 0.717) is 16.6 Å². The zero-order valence-electron chi connectivity index (χ0n) is 14.2. The summed E-state index contributed by atoms with van der Waals surface area (Å²) >= 11 is 0. The van der Waals surface area contributed by atoms with Crippen LogP contribution >= 0.6 is 0 Å². The minimum Gasteiger partial charge on any atom is -0.424 e. The summed E-state index contributed by atoms with van der Waals surface area (Å²) in [5.74, 6) is -0.342. The third kappa shape index (κ3) is 3.06. The lowest BCUT2D eigenvalue weighted by atomic mass is 9.59. The number of benzene rings is 1. The van der Waals surface area contributed by atoms with Crippen LogP contribution in [0.3, 0.4) is 0 Å². The molecular formula is C17H23BFN3O2. The lowest BCUT2D eigenvalue weighted by Gasteiger charge is -2.32. The summed E-state index contributed by atoms with van der Waals surface area (Å²) in [6.45, 7) is 6.31. The van der Waals surface area contributed by atoms with Crippen LogP contribution in [0, 0.1) is 12.7 Å². The average Bonchev–Trinajstić information content (AvgIpc) is 2.59. The summed E-state index contributed by atoms with van der Waals surface area (Å²) in [6, 6.07) is 3.19. The van der Waals surface area contributed by atoms with Crippen molar-refractivity contribution < 1.29 is 9.04 Å². The highest BCUT2D eigenvalue weighted by Crippen LogP contribution is 2.28. The lowest BCUT2D eigenvalue weighted by Crippen LogP contribution is -2.39. The van der Waals surface area contributed by atoms with Gasteiger partial charge in [0.2, 0.25) is 0 Å². The van der Waals surface area contributed by atoms with Gasteiger partial charge < -0.3 is 19.9 Å². The lowest BCUT2D eigenvalue weighted by molar-refractivity contribution is 0.327. The van der Waals surface area contributed by atoms with E-state index in [9.17, 15) is 9.18 Å². The molecule has 0 aliphatic carbocycles. The Hall–Kier alpha value is -1.86. The van der Waals surface area contributed by atoms with E-state index < -0.39 is 0 Å². The second-order valence-corrected chi connectivity index (χ2v) is 6.27. The van der Waals surface area contributed by atoms with E-state index in [1.165, 1.54) is 6.07 Å². The van der Waals surface area contributed by atoms with Gasteiger partial charge in [0, 0.05) is 36.8 Å². The standard InChI is InChI=1S/C17H23BFN3O2/c1-3-21-10-12(2)17(23)13-8-14(19)16(9-15(13)21)22-6-4-18(5-7-22)24-11-20/h8-10H,3-7,11,20H2,1-2H3. The van der Waals surface area contributed by atoms with Crippen LogP contribution in [-0.2, 0) is 11.2 Å². The zero-order valence-corrected chi connectivity index (χ0v) is 14.2. The normalized spacial score (nSPS) is 15.3. The topological polar surface area (TPSA) is 60.5 Å². The molecule has 0 saturated carbocycles. The molecule has 2 aromatic rings. The molecule has 7 heteroatoms. The van der Waals surface area contributed by atoms with E-state index >= 15 is 0 Å². The van der Waals surface area contributed by atoms with Gasteiger partial charge in [-0.1, -0.05) is 0 Å². The minimum atomic E-state index is -0.342. The number of hydrogen-bond donors (Lipinski definition) is 1. The van der Waals surface area contributed by atoms with Gasteiger partial charge in [-0.3, -0.25) is 4.79 Å². The number of fused-ring (bicyclic) bond motifs is 1. The Bertz CT molecular complexity index is 801. The average molecular weight is 331 g/mol. The first kappa shape index (κ1) is 17.0. The monoisotopic (exact) mass is 331 g/mol. The molecule has 0 atom stereocenters. The maximum Gasteiger partial charge on any atom is 0.298 e. The van der Waals surface area contributed by atoms with Crippen molar-refractivity contribution >= 4 is 23.5 Å². The van der Waals surface area contributed by atoms with E-state index in [-0.39, 0.29) is 24.9 Å². The Morgan fingerprint density at radius 3 is 2.67 bits per heavy atom. The molecule has 2 N–H and O–H groups in total. The molecule has 0 unspecified atom stereocenters. The van der Waals surface area contributed by atoms with Crippen LogP contribution in [0.5, 0.6) is 0 Å². The second kappa shape index (κ2) is 6.95. The SMILES string of the molecule is CCn1cc(C)c(=O)c2cc(F)c(N3CCB(OCN)CC3)cc21. The fraction of sp³-hybridized carbons (Fsp3) is 0.471. The molecule has 1 aliphatic rings. The van der Waals surface area contributed by atoms with Crippen LogP contribution in [-0.4, -0.2) is 31.3 Å². The highest BCUT2D eigenvalue weighted by molar-refractivity contribution is 6.52. The number of aromatic nitrogens is 1. The maximum absolute atomic E-state index is 14.7. The maximum atomic E-state index is 14.7. The van der Waals surface area contributed by atoms with Crippen molar-refractivity contribution in [1.82, 2.24) is 4.57 Å². The van der Waals surface area contributed by atoms with Crippen LogP contribution in [0.1, 0.15) is 12.5 Å². The van der Waals surface area contributed by atoms with Crippen molar-refractivity contribution in [3.05, 3.63) is 39.9 Å². The molecule has 1 aromatic carbocycles. The van der Waals surface area contributed by atoms with E-state index in [2.05, 4.69) is 0 Å². The molecule has 24 heavy (non-hydrogen) atoms. The van der Waals surface area contributed by atoms with Crippen molar-refractivity contribution in [2.45, 2.75) is 33.0 Å². The first-order chi connectivity index (χ1) is 11.5. The van der Waals surface area contributed by atoms with Crippen molar-refractivity contribution in [1.29, 1.82) is 0 Å². The zero-order chi connectivity index (χ0) is 17.3. The smallest absolute Gasteiger partial charge is 0.298 e. The molecule has 3 rings (SSSR count). The van der Waals surface area contributed by atoms with Crippen molar-refractivity contribution in [2.24, 2.45) is 5.73 Å². The largest absolute Gasteiger partial charge is 0.424 e. The van der Waals surface area contributed by atoms with Crippen LogP contribution in [0.25, 0.3) is 10.9 Å². The highest BCUT2D eigenvalue weighted by atomic mass is 19.1. The van der Waals surface area contributed by atoms with Gasteiger partial charge in [0.15, 0.2) is 5.43 Å². The molecule has 0 radical (unpaired) electrons. The third-order valence-corrected chi connectivity index (χ3v) is 4.78. The predicted molar refractivity (Wildman–Crippen MR) is 96.3 cm³/mol. The van der Waals surface area contributed by atoms with Crippen molar-refractivity contribution in [2.75, 3.05) is 24.7 Å². The van der Waals surface area contributed by atoms with Crippen LogP contribution in [0.2, 0.25) is 12.6 Å². The number of rotatable bonds is 4. The van der Waals surface area contributed by atoms with Crippen LogP contribution in [0.15, 0.2) is 23.1 Å². The number of anilines is 1. The third-order valence-electron chi connectivity index (χ3n) is 4.78. The molecular weight excluding hydrogens is 308 g/mol. The van der Waals surface area contributed by atoms with Gasteiger partial charge >= 0.3 is 0 Å². The summed E-state index contributed by atoms with van der Waals surface area (Å²) in [5.41, 5.74) is 7.29. The van der Waals surface area contributed by atoms with Gasteiger partial charge in [-0.15, -0.1) is 0 Å². The Balaban J connectivity index is 1.99. The number of hydrogen-bond acceptors (Lipinski definition) is 4. The molecule has 2 heterocycles. The van der Waals surface area contributed by atoms with Gasteiger partial charge in [0.05, 0.1) is 17.9 Å². The van der Waals surface area contributed by atoms with Gasteiger partial charge in [-0.05, 0) is 38.6 Å². The number of halogens is 1. The van der Waals surface area contributed by atoms with E-state index in [4.69, 9.17) is 10.4 Å². The molecule has 128 valence electrons. The highest BCUT2D eigenvalue weighted by Gasteiger charge is 2.25. The summed E-state index contributed by atoms with van der Waals surface area (Å²) in [4.78, 5) is 14.4.